The number of rotatable bonds is 4. The molecule has 0 aliphatic carbocycles. The van der Waals surface area contributed by atoms with Crippen molar-refractivity contribution in [2.75, 3.05) is 5.32 Å². The summed E-state index contributed by atoms with van der Waals surface area (Å²) in [5.41, 5.74) is -2.34. The minimum absolute atomic E-state index is 0.0332. The lowest BCUT2D eigenvalue weighted by molar-refractivity contribution is -0.143. The SMILES string of the molecule is O=C(Nc1cc(Cl)c(-n2nccn2)nc1F)c1cnn(-c2cccc3nnsc23)c1C(F)(F)F. The van der Waals surface area contributed by atoms with Crippen LogP contribution in [0, 0.1) is 5.95 Å². The molecule has 172 valence electrons. The lowest BCUT2D eigenvalue weighted by atomic mass is 10.2. The zero-order valence-electron chi connectivity index (χ0n) is 16.3. The van der Waals surface area contributed by atoms with Crippen molar-refractivity contribution in [2.45, 2.75) is 6.18 Å². The first kappa shape index (κ1) is 21.8. The van der Waals surface area contributed by atoms with Gasteiger partial charge in [-0.25, -0.2) is 4.68 Å². The molecule has 5 rings (SSSR count). The van der Waals surface area contributed by atoms with Gasteiger partial charge in [-0.2, -0.15) is 37.8 Å². The molecule has 0 aliphatic heterocycles. The summed E-state index contributed by atoms with van der Waals surface area (Å²) >= 11 is 6.94. The predicted molar refractivity (Wildman–Crippen MR) is 112 cm³/mol. The fourth-order valence-corrected chi connectivity index (χ4v) is 4.02. The maximum Gasteiger partial charge on any atom is 0.434 e. The summed E-state index contributed by atoms with van der Waals surface area (Å²) in [7, 11) is 0. The minimum Gasteiger partial charge on any atom is -0.318 e. The highest BCUT2D eigenvalue weighted by atomic mass is 35.5. The normalized spacial score (nSPS) is 11.8. The van der Waals surface area contributed by atoms with E-state index >= 15 is 0 Å². The van der Waals surface area contributed by atoms with E-state index in [1.165, 1.54) is 24.5 Å². The highest BCUT2D eigenvalue weighted by molar-refractivity contribution is 7.13. The van der Waals surface area contributed by atoms with E-state index in [0.717, 1.165) is 28.6 Å². The van der Waals surface area contributed by atoms with Gasteiger partial charge in [0.1, 0.15) is 10.2 Å². The largest absolute Gasteiger partial charge is 0.434 e. The summed E-state index contributed by atoms with van der Waals surface area (Å²) < 4.78 is 61.2. The smallest absolute Gasteiger partial charge is 0.318 e. The number of hydrogen-bond donors (Lipinski definition) is 1. The average Bonchev–Trinajstić information content (AvgIpc) is 3.55. The van der Waals surface area contributed by atoms with Gasteiger partial charge in [-0.15, -0.1) is 9.90 Å². The number of amides is 1. The van der Waals surface area contributed by atoms with Crippen molar-refractivity contribution in [3.8, 4) is 11.5 Å². The minimum atomic E-state index is -4.98. The van der Waals surface area contributed by atoms with Crippen molar-refractivity contribution in [1.82, 2.24) is 39.3 Å². The van der Waals surface area contributed by atoms with Crippen LogP contribution in [0.4, 0.5) is 23.2 Å². The van der Waals surface area contributed by atoms with Gasteiger partial charge in [-0.05, 0) is 29.7 Å². The van der Waals surface area contributed by atoms with Crippen LogP contribution in [0.25, 0.3) is 21.7 Å². The molecule has 34 heavy (non-hydrogen) atoms. The average molecular weight is 510 g/mol. The number of aromatic nitrogens is 8. The highest BCUT2D eigenvalue weighted by Gasteiger charge is 2.41. The quantitative estimate of drug-likeness (QED) is 0.288. The summed E-state index contributed by atoms with van der Waals surface area (Å²) in [4.78, 5) is 17.3. The Morgan fingerprint density at radius 2 is 1.91 bits per heavy atom. The topological polar surface area (TPSA) is 116 Å². The van der Waals surface area contributed by atoms with E-state index in [9.17, 15) is 22.4 Å². The van der Waals surface area contributed by atoms with E-state index < -0.39 is 35.0 Å². The molecule has 0 fully saturated rings. The lowest BCUT2D eigenvalue weighted by Gasteiger charge is -2.13. The third-order valence-corrected chi connectivity index (χ3v) is 5.57. The van der Waals surface area contributed by atoms with Gasteiger partial charge in [0.25, 0.3) is 5.91 Å². The van der Waals surface area contributed by atoms with Gasteiger partial charge in [-0.1, -0.05) is 22.2 Å². The number of halogens is 5. The second-order valence-corrected chi connectivity index (χ2v) is 7.78. The Labute approximate surface area is 195 Å². The zero-order chi connectivity index (χ0) is 24.0. The number of nitrogens with zero attached hydrogens (tertiary/aromatic N) is 8. The van der Waals surface area contributed by atoms with Crippen LogP contribution < -0.4 is 5.32 Å². The van der Waals surface area contributed by atoms with Gasteiger partial charge >= 0.3 is 6.18 Å². The number of anilines is 1. The maximum absolute atomic E-state index is 14.5. The van der Waals surface area contributed by atoms with Crippen molar-refractivity contribution in [2.24, 2.45) is 0 Å². The van der Waals surface area contributed by atoms with E-state index in [0.29, 0.717) is 14.9 Å². The highest BCUT2D eigenvalue weighted by Crippen LogP contribution is 2.36. The van der Waals surface area contributed by atoms with Crippen LogP contribution in [-0.2, 0) is 6.18 Å². The van der Waals surface area contributed by atoms with Gasteiger partial charge in [0.2, 0.25) is 5.95 Å². The summed E-state index contributed by atoms with van der Waals surface area (Å²) in [5, 5.41) is 17.1. The van der Waals surface area contributed by atoms with E-state index in [4.69, 9.17) is 11.6 Å². The molecular weight excluding hydrogens is 502 g/mol. The van der Waals surface area contributed by atoms with Crippen LogP contribution in [0.15, 0.2) is 42.9 Å². The number of hydrogen-bond acceptors (Lipinski definition) is 8. The van der Waals surface area contributed by atoms with Gasteiger partial charge in [0.05, 0.1) is 40.6 Å². The third kappa shape index (κ3) is 3.73. The Balaban J connectivity index is 1.54. The molecule has 5 aromatic rings. The molecule has 0 unspecified atom stereocenters. The number of nitrogens with one attached hydrogen (secondary N) is 1. The fraction of sp³-hybridized carbons (Fsp3) is 0.0556. The Morgan fingerprint density at radius 1 is 1.15 bits per heavy atom. The standard InChI is InChI=1S/C18H8ClF4N9OS/c19-9-6-11(15(20)28-16(9)32-24-4-5-25-32)27-17(33)8-7-26-31(14(8)18(21,22)23)12-3-1-2-10-13(12)34-30-29-10/h1-7H,(H,27,33). The molecule has 0 spiro atoms. The van der Waals surface area contributed by atoms with E-state index in [1.807, 2.05) is 0 Å². The molecule has 1 aromatic carbocycles. The molecular formula is C18H8ClF4N9OS. The van der Waals surface area contributed by atoms with Gasteiger partial charge in [0.15, 0.2) is 11.5 Å². The van der Waals surface area contributed by atoms with Gasteiger partial charge in [0, 0.05) is 0 Å². The number of carbonyl (C=O) groups is 1. The number of carbonyl (C=O) groups excluding carboxylic acids is 1. The van der Waals surface area contributed by atoms with Gasteiger partial charge < -0.3 is 5.32 Å². The first-order valence-corrected chi connectivity index (χ1v) is 10.3. The monoisotopic (exact) mass is 509 g/mol. The molecule has 0 saturated carbocycles. The molecule has 16 heteroatoms. The van der Waals surface area contributed by atoms with Gasteiger partial charge in [-0.3, -0.25) is 4.79 Å². The Kier molecular flexibility index (Phi) is 5.21. The molecule has 4 aromatic heterocycles. The summed E-state index contributed by atoms with van der Waals surface area (Å²) in [5.74, 6) is -2.64. The molecule has 0 atom stereocenters. The molecule has 0 aliphatic rings. The lowest BCUT2D eigenvalue weighted by Crippen LogP contribution is -2.21. The van der Waals surface area contributed by atoms with E-state index in [-0.39, 0.29) is 16.5 Å². The molecule has 4 heterocycles. The predicted octanol–water partition coefficient (Wildman–Crippen LogP) is 3.92. The second kappa shape index (κ2) is 8.11. The van der Waals surface area contributed by atoms with Crippen molar-refractivity contribution in [1.29, 1.82) is 0 Å². The number of pyridine rings is 1. The van der Waals surface area contributed by atoms with Crippen LogP contribution >= 0.6 is 23.1 Å². The zero-order valence-corrected chi connectivity index (χ0v) is 17.9. The summed E-state index contributed by atoms with van der Waals surface area (Å²) in [6, 6.07) is 5.44. The molecule has 1 N–H and O–H groups in total. The first-order valence-electron chi connectivity index (χ1n) is 9.15. The molecule has 0 radical (unpaired) electrons. The number of fused-ring (bicyclic) bond motifs is 1. The summed E-state index contributed by atoms with van der Waals surface area (Å²) in [6.07, 6.45) is -1.62. The maximum atomic E-state index is 14.5. The van der Waals surface area contributed by atoms with E-state index in [2.05, 4.69) is 35.2 Å². The fourth-order valence-electron chi connectivity index (χ4n) is 3.13. The molecule has 0 bridgehead atoms. The summed E-state index contributed by atoms with van der Waals surface area (Å²) in [6.45, 7) is 0. The van der Waals surface area contributed by atoms with Crippen LogP contribution in [0.5, 0.6) is 0 Å². The van der Waals surface area contributed by atoms with Crippen molar-refractivity contribution >= 4 is 44.9 Å². The molecule has 0 saturated heterocycles. The van der Waals surface area contributed by atoms with Crippen LogP contribution in [-0.4, -0.2) is 45.3 Å². The van der Waals surface area contributed by atoms with Crippen LogP contribution in [0.1, 0.15) is 16.1 Å². The van der Waals surface area contributed by atoms with Crippen molar-refractivity contribution < 1.29 is 22.4 Å². The Morgan fingerprint density at radius 3 is 2.65 bits per heavy atom. The van der Waals surface area contributed by atoms with Crippen LogP contribution in [0.2, 0.25) is 5.02 Å². The first-order chi connectivity index (χ1) is 16.2. The Hall–Kier alpha value is -3.98. The molecule has 10 nitrogen and oxygen atoms in total. The third-order valence-electron chi connectivity index (χ3n) is 4.53. The van der Waals surface area contributed by atoms with Crippen LogP contribution in [0.3, 0.4) is 0 Å². The Bertz CT molecular complexity index is 1530. The number of alkyl halides is 3. The van der Waals surface area contributed by atoms with E-state index in [1.54, 1.807) is 6.07 Å². The second-order valence-electron chi connectivity index (χ2n) is 6.62. The number of benzene rings is 1. The van der Waals surface area contributed by atoms with Crippen molar-refractivity contribution in [3.05, 3.63) is 65.1 Å². The molecule has 1 amide bonds. The van der Waals surface area contributed by atoms with Crippen molar-refractivity contribution in [3.63, 3.8) is 0 Å².